The molecule has 1 amide bonds. The molecule has 1 saturated carbocycles. The Hall–Kier alpha value is -2.62. The van der Waals surface area contributed by atoms with Crippen LogP contribution in [0.4, 0.5) is 5.69 Å². The first-order valence-corrected chi connectivity index (χ1v) is 8.28. The van der Waals surface area contributed by atoms with E-state index in [1.165, 1.54) is 0 Å². The Balaban J connectivity index is 1.64. The van der Waals surface area contributed by atoms with Gasteiger partial charge in [0, 0.05) is 5.69 Å². The van der Waals surface area contributed by atoms with Crippen molar-refractivity contribution < 1.29 is 14.3 Å². The molecule has 2 aromatic carbocycles. The van der Waals surface area contributed by atoms with Crippen molar-refractivity contribution in [2.24, 2.45) is 0 Å². The molecule has 4 heteroatoms. The van der Waals surface area contributed by atoms with Gasteiger partial charge in [0.1, 0.15) is 0 Å². The molecule has 4 nitrogen and oxygen atoms in total. The molecule has 0 aromatic heterocycles. The Bertz CT molecular complexity index is 691. The highest BCUT2D eigenvalue weighted by Crippen LogP contribution is 2.42. The molecular weight excluding hydrogens is 302 g/mol. The molecule has 0 atom stereocenters. The molecule has 24 heavy (non-hydrogen) atoms. The first-order valence-electron chi connectivity index (χ1n) is 8.28. The highest BCUT2D eigenvalue weighted by atomic mass is 16.5. The van der Waals surface area contributed by atoms with E-state index < -0.39 is 5.41 Å². The number of amides is 1. The molecule has 0 heterocycles. The first kappa shape index (κ1) is 16.2. The van der Waals surface area contributed by atoms with Crippen molar-refractivity contribution in [3.8, 4) is 0 Å². The molecule has 0 saturated heterocycles. The van der Waals surface area contributed by atoms with Crippen molar-refractivity contribution in [1.29, 1.82) is 0 Å². The van der Waals surface area contributed by atoms with Gasteiger partial charge in [-0.05, 0) is 30.5 Å². The quantitative estimate of drug-likeness (QED) is 0.854. The SMILES string of the molecule is O=C(COC(=O)C1(c2ccccc2)CCCC1)Nc1ccccc1. The minimum Gasteiger partial charge on any atom is -0.455 e. The van der Waals surface area contributed by atoms with Crippen LogP contribution in [0.2, 0.25) is 0 Å². The van der Waals surface area contributed by atoms with Crippen molar-refractivity contribution in [2.45, 2.75) is 31.1 Å². The second-order valence-corrected chi connectivity index (χ2v) is 6.15. The number of hydrogen-bond acceptors (Lipinski definition) is 3. The van der Waals surface area contributed by atoms with E-state index in [9.17, 15) is 9.59 Å². The molecule has 3 rings (SSSR count). The zero-order valence-corrected chi connectivity index (χ0v) is 13.5. The van der Waals surface area contributed by atoms with Gasteiger partial charge in [-0.1, -0.05) is 61.4 Å². The van der Waals surface area contributed by atoms with Crippen LogP contribution in [0.3, 0.4) is 0 Å². The standard InChI is InChI=1S/C20H21NO3/c22-18(21-17-11-5-2-6-12-17)15-24-19(23)20(13-7-8-14-20)16-9-3-1-4-10-16/h1-6,9-12H,7-8,13-15H2,(H,21,22). The van der Waals surface area contributed by atoms with Gasteiger partial charge in [0.25, 0.3) is 5.91 Å². The van der Waals surface area contributed by atoms with Crippen molar-refractivity contribution >= 4 is 17.6 Å². The lowest BCUT2D eigenvalue weighted by Crippen LogP contribution is -2.36. The van der Waals surface area contributed by atoms with Crippen molar-refractivity contribution in [3.05, 3.63) is 66.2 Å². The summed E-state index contributed by atoms with van der Waals surface area (Å²) in [5.74, 6) is -0.620. The van der Waals surface area contributed by atoms with E-state index >= 15 is 0 Å². The molecule has 1 N–H and O–H groups in total. The summed E-state index contributed by atoms with van der Waals surface area (Å²) < 4.78 is 5.37. The van der Waals surface area contributed by atoms with Crippen LogP contribution in [0, 0.1) is 0 Å². The summed E-state index contributed by atoms with van der Waals surface area (Å²) in [6.45, 7) is -0.262. The maximum absolute atomic E-state index is 12.7. The van der Waals surface area contributed by atoms with Gasteiger partial charge in [0.2, 0.25) is 0 Å². The summed E-state index contributed by atoms with van der Waals surface area (Å²) in [4.78, 5) is 24.7. The maximum atomic E-state index is 12.7. The number of nitrogens with one attached hydrogen (secondary N) is 1. The monoisotopic (exact) mass is 323 g/mol. The van der Waals surface area contributed by atoms with E-state index in [-0.39, 0.29) is 18.5 Å². The third-order valence-corrected chi connectivity index (χ3v) is 4.57. The molecule has 124 valence electrons. The zero-order valence-electron chi connectivity index (χ0n) is 13.5. The van der Waals surface area contributed by atoms with Crippen molar-refractivity contribution in [1.82, 2.24) is 0 Å². The number of ether oxygens (including phenoxy) is 1. The minimum absolute atomic E-state index is 0.262. The van der Waals surface area contributed by atoms with Gasteiger partial charge in [-0.15, -0.1) is 0 Å². The Morgan fingerprint density at radius 3 is 2.12 bits per heavy atom. The topological polar surface area (TPSA) is 55.4 Å². The van der Waals surface area contributed by atoms with Crippen LogP contribution >= 0.6 is 0 Å². The normalized spacial score (nSPS) is 15.7. The summed E-state index contributed by atoms with van der Waals surface area (Å²) in [5, 5.41) is 2.72. The van der Waals surface area contributed by atoms with Crippen molar-refractivity contribution in [3.63, 3.8) is 0 Å². The molecule has 0 radical (unpaired) electrons. The fourth-order valence-corrected chi connectivity index (χ4v) is 3.33. The summed E-state index contributed by atoms with van der Waals surface area (Å²) >= 11 is 0. The Kier molecular flexibility index (Phi) is 4.94. The third kappa shape index (κ3) is 3.48. The number of carbonyl (C=O) groups excluding carboxylic acids is 2. The maximum Gasteiger partial charge on any atom is 0.317 e. The minimum atomic E-state index is -0.603. The number of carbonyl (C=O) groups is 2. The molecule has 1 aliphatic carbocycles. The lowest BCUT2D eigenvalue weighted by atomic mass is 9.79. The molecule has 1 fully saturated rings. The van der Waals surface area contributed by atoms with E-state index in [0.717, 1.165) is 31.2 Å². The highest BCUT2D eigenvalue weighted by molar-refractivity contribution is 5.93. The highest BCUT2D eigenvalue weighted by Gasteiger charge is 2.44. The lowest BCUT2D eigenvalue weighted by molar-refractivity contribution is -0.153. The van der Waals surface area contributed by atoms with Crippen LogP contribution in [0.25, 0.3) is 0 Å². The number of benzene rings is 2. The lowest BCUT2D eigenvalue weighted by Gasteiger charge is -2.27. The summed E-state index contributed by atoms with van der Waals surface area (Å²) in [6, 6.07) is 18.9. The average Bonchev–Trinajstić information content (AvgIpc) is 3.12. The Morgan fingerprint density at radius 2 is 1.50 bits per heavy atom. The van der Waals surface area contributed by atoms with Gasteiger partial charge in [0.15, 0.2) is 6.61 Å². The summed E-state index contributed by atoms with van der Waals surface area (Å²) in [5.41, 5.74) is 1.07. The van der Waals surface area contributed by atoms with Gasteiger partial charge >= 0.3 is 5.97 Å². The molecule has 0 bridgehead atoms. The second-order valence-electron chi connectivity index (χ2n) is 6.15. The van der Waals surface area contributed by atoms with Crippen LogP contribution in [0.5, 0.6) is 0 Å². The average molecular weight is 323 g/mol. The number of anilines is 1. The Morgan fingerprint density at radius 1 is 0.917 bits per heavy atom. The fourth-order valence-electron chi connectivity index (χ4n) is 3.33. The largest absolute Gasteiger partial charge is 0.455 e. The Labute approximate surface area is 141 Å². The summed E-state index contributed by atoms with van der Waals surface area (Å²) in [7, 11) is 0. The van der Waals surface area contributed by atoms with E-state index in [4.69, 9.17) is 4.74 Å². The second kappa shape index (κ2) is 7.30. The van der Waals surface area contributed by atoms with Crippen LogP contribution in [-0.2, 0) is 19.7 Å². The van der Waals surface area contributed by atoms with E-state index in [1.807, 2.05) is 48.5 Å². The first-order chi connectivity index (χ1) is 11.7. The van der Waals surface area contributed by atoms with Crippen LogP contribution in [-0.4, -0.2) is 18.5 Å². The van der Waals surface area contributed by atoms with E-state index in [0.29, 0.717) is 5.69 Å². The van der Waals surface area contributed by atoms with Gasteiger partial charge in [0.05, 0.1) is 5.41 Å². The predicted molar refractivity (Wildman–Crippen MR) is 92.6 cm³/mol. The van der Waals surface area contributed by atoms with E-state index in [2.05, 4.69) is 5.32 Å². The van der Waals surface area contributed by atoms with Gasteiger partial charge in [-0.3, -0.25) is 9.59 Å². The molecule has 0 aliphatic heterocycles. The van der Waals surface area contributed by atoms with Gasteiger partial charge in [-0.2, -0.15) is 0 Å². The van der Waals surface area contributed by atoms with Crippen molar-refractivity contribution in [2.75, 3.05) is 11.9 Å². The third-order valence-electron chi connectivity index (χ3n) is 4.57. The summed E-state index contributed by atoms with van der Waals surface area (Å²) in [6.07, 6.45) is 3.55. The van der Waals surface area contributed by atoms with Gasteiger partial charge < -0.3 is 10.1 Å². The number of rotatable bonds is 5. The molecule has 2 aromatic rings. The van der Waals surface area contributed by atoms with Crippen LogP contribution in [0.1, 0.15) is 31.2 Å². The fraction of sp³-hybridized carbons (Fsp3) is 0.300. The zero-order chi connectivity index (χ0) is 16.8. The number of hydrogen-bond donors (Lipinski definition) is 1. The number of para-hydroxylation sites is 1. The smallest absolute Gasteiger partial charge is 0.317 e. The molecular formula is C20H21NO3. The predicted octanol–water partition coefficient (Wildman–Crippen LogP) is 3.68. The van der Waals surface area contributed by atoms with Crippen LogP contribution < -0.4 is 5.32 Å². The van der Waals surface area contributed by atoms with Gasteiger partial charge in [-0.25, -0.2) is 0 Å². The molecule has 0 spiro atoms. The molecule has 1 aliphatic rings. The van der Waals surface area contributed by atoms with E-state index in [1.54, 1.807) is 12.1 Å². The number of esters is 1. The molecule has 0 unspecified atom stereocenters. The van der Waals surface area contributed by atoms with Crippen LogP contribution in [0.15, 0.2) is 60.7 Å².